The Balaban J connectivity index is 2.02. The van der Waals surface area contributed by atoms with E-state index in [1.165, 1.54) is 0 Å². The normalized spacial score (nSPS) is 11.0. The predicted molar refractivity (Wildman–Crippen MR) is 72.4 cm³/mol. The average Bonchev–Trinajstić information content (AvgIpc) is 2.93. The fourth-order valence-corrected chi connectivity index (χ4v) is 1.95. The van der Waals surface area contributed by atoms with Crippen molar-refractivity contribution < 1.29 is 4.52 Å². The highest BCUT2D eigenvalue weighted by atomic mass is 16.5. The van der Waals surface area contributed by atoms with Crippen LogP contribution in [0.1, 0.15) is 12.8 Å². The van der Waals surface area contributed by atoms with E-state index < -0.39 is 0 Å². The quantitative estimate of drug-likeness (QED) is 0.774. The van der Waals surface area contributed by atoms with E-state index in [1.54, 1.807) is 6.20 Å². The molecule has 0 amide bonds. The molecule has 0 radical (unpaired) electrons. The average molecular weight is 254 g/mol. The lowest BCUT2D eigenvalue weighted by atomic mass is 10.1. The highest BCUT2D eigenvalue weighted by molar-refractivity contribution is 5.92. The van der Waals surface area contributed by atoms with Crippen molar-refractivity contribution in [3.8, 4) is 11.5 Å². The lowest BCUT2D eigenvalue weighted by Gasteiger charge is -2.00. The Labute approximate surface area is 110 Å². The molecule has 5 nitrogen and oxygen atoms in total. The van der Waals surface area contributed by atoms with Crippen LogP contribution in [-0.2, 0) is 6.54 Å². The molecule has 3 aromatic rings. The van der Waals surface area contributed by atoms with E-state index in [-0.39, 0.29) is 0 Å². The van der Waals surface area contributed by atoms with Crippen molar-refractivity contribution in [1.82, 2.24) is 20.4 Å². The number of nitrogens with one attached hydrogen (secondary N) is 1. The Morgan fingerprint density at radius 3 is 3.00 bits per heavy atom. The fraction of sp³-hybridized carbons (Fsp3) is 0.214. The number of fused-ring (bicyclic) bond motifs is 1. The standard InChI is InChI=1S/C14H14N4O/c1-2-15-9-12-17-14(18-19-12)13-11-6-4-3-5-10(11)7-8-16-13/h3-8,15H,2,9H2,1H3. The van der Waals surface area contributed by atoms with Gasteiger partial charge in [-0.2, -0.15) is 4.98 Å². The number of rotatable bonds is 4. The summed E-state index contributed by atoms with van der Waals surface area (Å²) in [6, 6.07) is 10.0. The zero-order valence-corrected chi connectivity index (χ0v) is 10.6. The van der Waals surface area contributed by atoms with E-state index in [4.69, 9.17) is 4.52 Å². The first-order chi connectivity index (χ1) is 9.38. The Morgan fingerprint density at radius 2 is 2.11 bits per heavy atom. The lowest BCUT2D eigenvalue weighted by molar-refractivity contribution is 0.369. The molecule has 0 saturated carbocycles. The molecule has 5 heteroatoms. The van der Waals surface area contributed by atoms with E-state index in [0.29, 0.717) is 18.3 Å². The maximum absolute atomic E-state index is 5.21. The molecule has 3 rings (SSSR count). The highest BCUT2D eigenvalue weighted by Gasteiger charge is 2.12. The first-order valence-electron chi connectivity index (χ1n) is 6.26. The molecule has 19 heavy (non-hydrogen) atoms. The van der Waals surface area contributed by atoms with Gasteiger partial charge in [0.25, 0.3) is 0 Å². The van der Waals surface area contributed by atoms with Crippen LogP contribution >= 0.6 is 0 Å². The number of nitrogens with zero attached hydrogens (tertiary/aromatic N) is 3. The summed E-state index contributed by atoms with van der Waals surface area (Å²) < 4.78 is 5.21. The maximum atomic E-state index is 5.21. The molecule has 0 unspecified atom stereocenters. The molecule has 0 spiro atoms. The zero-order chi connectivity index (χ0) is 13.1. The number of pyridine rings is 1. The third-order valence-corrected chi connectivity index (χ3v) is 2.88. The van der Waals surface area contributed by atoms with Crippen molar-refractivity contribution in [3.63, 3.8) is 0 Å². The summed E-state index contributed by atoms with van der Waals surface area (Å²) in [5, 5.41) is 9.30. The number of hydrogen-bond acceptors (Lipinski definition) is 5. The van der Waals surface area contributed by atoms with E-state index in [0.717, 1.165) is 23.0 Å². The van der Waals surface area contributed by atoms with Crippen LogP contribution in [0.15, 0.2) is 41.1 Å². The highest BCUT2D eigenvalue weighted by Crippen LogP contribution is 2.23. The summed E-state index contributed by atoms with van der Waals surface area (Å²) in [6.45, 7) is 3.47. The lowest BCUT2D eigenvalue weighted by Crippen LogP contribution is -2.11. The molecular weight excluding hydrogens is 240 g/mol. The van der Waals surface area contributed by atoms with Crippen LogP contribution < -0.4 is 5.32 Å². The van der Waals surface area contributed by atoms with Crippen molar-refractivity contribution in [3.05, 3.63) is 42.4 Å². The van der Waals surface area contributed by atoms with Crippen LogP contribution in [0.2, 0.25) is 0 Å². The van der Waals surface area contributed by atoms with Crippen molar-refractivity contribution in [1.29, 1.82) is 0 Å². The van der Waals surface area contributed by atoms with Gasteiger partial charge in [0.1, 0.15) is 5.69 Å². The zero-order valence-electron chi connectivity index (χ0n) is 10.6. The van der Waals surface area contributed by atoms with Crippen LogP contribution in [0.25, 0.3) is 22.3 Å². The molecule has 96 valence electrons. The van der Waals surface area contributed by atoms with Crippen molar-refractivity contribution in [2.45, 2.75) is 13.5 Å². The van der Waals surface area contributed by atoms with Gasteiger partial charge in [0.2, 0.25) is 11.7 Å². The van der Waals surface area contributed by atoms with Gasteiger partial charge in [-0.3, -0.25) is 4.98 Å². The molecule has 0 aliphatic carbocycles. The van der Waals surface area contributed by atoms with Crippen LogP contribution in [-0.4, -0.2) is 21.7 Å². The second-order valence-electron chi connectivity index (χ2n) is 4.17. The largest absolute Gasteiger partial charge is 0.337 e. The van der Waals surface area contributed by atoms with E-state index in [2.05, 4.69) is 20.4 Å². The third-order valence-electron chi connectivity index (χ3n) is 2.88. The molecule has 0 fully saturated rings. The molecule has 2 aromatic heterocycles. The van der Waals surface area contributed by atoms with E-state index in [9.17, 15) is 0 Å². The van der Waals surface area contributed by atoms with Gasteiger partial charge in [0.15, 0.2) is 0 Å². The SMILES string of the molecule is CCNCc1nc(-c2nccc3ccccc23)no1. The van der Waals surface area contributed by atoms with Crippen molar-refractivity contribution >= 4 is 10.8 Å². The molecule has 0 atom stereocenters. The second kappa shape index (κ2) is 5.16. The van der Waals surface area contributed by atoms with Gasteiger partial charge in [-0.15, -0.1) is 0 Å². The Kier molecular flexibility index (Phi) is 3.20. The summed E-state index contributed by atoms with van der Waals surface area (Å²) in [6.07, 6.45) is 1.76. The van der Waals surface area contributed by atoms with Crippen LogP contribution in [0.3, 0.4) is 0 Å². The summed E-state index contributed by atoms with van der Waals surface area (Å²) in [7, 11) is 0. The topological polar surface area (TPSA) is 63.8 Å². The van der Waals surface area contributed by atoms with Crippen molar-refractivity contribution in [2.24, 2.45) is 0 Å². The second-order valence-corrected chi connectivity index (χ2v) is 4.17. The number of hydrogen-bond donors (Lipinski definition) is 1. The summed E-state index contributed by atoms with van der Waals surface area (Å²) in [4.78, 5) is 8.73. The molecule has 0 aliphatic rings. The van der Waals surface area contributed by atoms with E-state index >= 15 is 0 Å². The maximum Gasteiger partial charge on any atom is 0.240 e. The number of aromatic nitrogens is 3. The summed E-state index contributed by atoms with van der Waals surface area (Å²) in [5.74, 6) is 1.11. The first-order valence-corrected chi connectivity index (χ1v) is 6.26. The Bertz CT molecular complexity index is 687. The fourth-order valence-electron chi connectivity index (χ4n) is 1.95. The van der Waals surface area contributed by atoms with Gasteiger partial charge in [-0.1, -0.05) is 36.3 Å². The first kappa shape index (κ1) is 11.8. The minimum absolute atomic E-state index is 0.532. The summed E-state index contributed by atoms with van der Waals surface area (Å²) >= 11 is 0. The smallest absolute Gasteiger partial charge is 0.240 e. The molecule has 2 heterocycles. The van der Waals surface area contributed by atoms with Gasteiger partial charge in [0, 0.05) is 11.6 Å². The minimum atomic E-state index is 0.532. The molecule has 1 N–H and O–H groups in total. The monoisotopic (exact) mass is 254 g/mol. The molecule has 0 aliphatic heterocycles. The van der Waals surface area contributed by atoms with Gasteiger partial charge in [-0.25, -0.2) is 0 Å². The van der Waals surface area contributed by atoms with E-state index in [1.807, 2.05) is 37.3 Å². The third kappa shape index (κ3) is 2.32. The molecular formula is C14H14N4O. The Morgan fingerprint density at radius 1 is 1.21 bits per heavy atom. The van der Waals surface area contributed by atoms with Crippen LogP contribution in [0, 0.1) is 0 Å². The minimum Gasteiger partial charge on any atom is -0.337 e. The van der Waals surface area contributed by atoms with Gasteiger partial charge in [0.05, 0.1) is 6.54 Å². The molecule has 0 bridgehead atoms. The van der Waals surface area contributed by atoms with Crippen molar-refractivity contribution in [2.75, 3.05) is 6.54 Å². The number of benzene rings is 1. The van der Waals surface area contributed by atoms with Gasteiger partial charge >= 0.3 is 0 Å². The van der Waals surface area contributed by atoms with Crippen LogP contribution in [0.4, 0.5) is 0 Å². The summed E-state index contributed by atoms with van der Waals surface area (Å²) in [5.41, 5.74) is 0.754. The molecule has 1 aromatic carbocycles. The molecule has 0 saturated heterocycles. The van der Waals surface area contributed by atoms with Crippen LogP contribution in [0.5, 0.6) is 0 Å². The van der Waals surface area contributed by atoms with Gasteiger partial charge < -0.3 is 9.84 Å². The predicted octanol–water partition coefficient (Wildman–Crippen LogP) is 2.39. The van der Waals surface area contributed by atoms with Gasteiger partial charge in [-0.05, 0) is 18.0 Å². The Hall–Kier alpha value is -2.27.